The lowest BCUT2D eigenvalue weighted by Crippen LogP contribution is -2.14. The first-order chi connectivity index (χ1) is 15.9. The van der Waals surface area contributed by atoms with E-state index in [9.17, 15) is 14.9 Å². The zero-order valence-electron chi connectivity index (χ0n) is 16.9. The van der Waals surface area contributed by atoms with E-state index in [1.165, 1.54) is 23.9 Å². The number of aromatic nitrogens is 2. The average molecular weight is 499 g/mol. The smallest absolute Gasteiger partial charge is 0.270 e. The molecule has 1 aromatic heterocycles. The van der Waals surface area contributed by atoms with Gasteiger partial charge in [-0.05, 0) is 36.4 Å². The van der Waals surface area contributed by atoms with Crippen LogP contribution in [0.15, 0.2) is 84.1 Å². The third kappa shape index (κ3) is 5.54. The minimum absolute atomic E-state index is 0.0264. The van der Waals surface area contributed by atoms with Crippen LogP contribution in [0.5, 0.6) is 0 Å². The van der Waals surface area contributed by atoms with Gasteiger partial charge >= 0.3 is 0 Å². The highest BCUT2D eigenvalue weighted by Gasteiger charge is 2.18. The van der Waals surface area contributed by atoms with Crippen LogP contribution in [0.1, 0.15) is 0 Å². The molecule has 4 rings (SSSR count). The van der Waals surface area contributed by atoms with Crippen LogP contribution in [0.4, 0.5) is 11.4 Å². The average Bonchev–Trinajstić information content (AvgIpc) is 3.22. The fourth-order valence-corrected chi connectivity index (χ4v) is 4.34. The van der Waals surface area contributed by atoms with Gasteiger partial charge in [0.05, 0.1) is 22.6 Å². The van der Waals surface area contributed by atoms with Gasteiger partial charge in [0.15, 0.2) is 5.16 Å². The molecular formula is C23H16Cl2N4O3S. The normalized spacial score (nSPS) is 10.7. The SMILES string of the molecule is O=C(CSc1ncc(-c2cccc([N+](=O)[O-])c2)n1-c1cccc(Cl)c1)Nc1cccc(Cl)c1. The van der Waals surface area contributed by atoms with Gasteiger partial charge in [-0.25, -0.2) is 4.98 Å². The number of carbonyl (C=O) groups is 1. The number of imidazole rings is 1. The Morgan fingerprint density at radius 3 is 2.48 bits per heavy atom. The summed E-state index contributed by atoms with van der Waals surface area (Å²) in [4.78, 5) is 27.8. The number of benzene rings is 3. The molecule has 0 unspecified atom stereocenters. The summed E-state index contributed by atoms with van der Waals surface area (Å²) < 4.78 is 1.82. The lowest BCUT2D eigenvalue weighted by molar-refractivity contribution is -0.384. The Balaban J connectivity index is 1.65. The molecule has 1 heterocycles. The predicted octanol–water partition coefficient (Wildman–Crippen LogP) is 6.49. The van der Waals surface area contributed by atoms with E-state index >= 15 is 0 Å². The molecule has 0 saturated heterocycles. The molecule has 0 fully saturated rings. The molecule has 0 saturated carbocycles. The van der Waals surface area contributed by atoms with Crippen LogP contribution >= 0.6 is 35.0 Å². The lowest BCUT2D eigenvalue weighted by atomic mass is 10.1. The number of hydrogen-bond acceptors (Lipinski definition) is 5. The first-order valence-corrected chi connectivity index (χ1v) is 11.4. The minimum Gasteiger partial charge on any atom is -0.325 e. The zero-order chi connectivity index (χ0) is 23.4. The van der Waals surface area contributed by atoms with E-state index in [1.807, 2.05) is 10.6 Å². The number of thioether (sulfide) groups is 1. The zero-order valence-corrected chi connectivity index (χ0v) is 19.3. The van der Waals surface area contributed by atoms with Gasteiger partial charge in [0.1, 0.15) is 0 Å². The topological polar surface area (TPSA) is 90.1 Å². The van der Waals surface area contributed by atoms with Crippen LogP contribution in [-0.2, 0) is 4.79 Å². The van der Waals surface area contributed by atoms with Gasteiger partial charge in [-0.3, -0.25) is 19.5 Å². The van der Waals surface area contributed by atoms with E-state index in [4.69, 9.17) is 23.2 Å². The summed E-state index contributed by atoms with van der Waals surface area (Å²) in [6, 6.07) is 20.4. The summed E-state index contributed by atoms with van der Waals surface area (Å²) in [7, 11) is 0. The van der Waals surface area contributed by atoms with Crippen LogP contribution in [0.2, 0.25) is 10.0 Å². The largest absolute Gasteiger partial charge is 0.325 e. The maximum atomic E-state index is 12.5. The highest BCUT2D eigenvalue weighted by molar-refractivity contribution is 7.99. The molecule has 1 N–H and O–H groups in total. The number of nitro benzene ring substituents is 1. The van der Waals surface area contributed by atoms with Gasteiger partial charge in [-0.2, -0.15) is 0 Å². The number of hydrogen-bond donors (Lipinski definition) is 1. The van der Waals surface area contributed by atoms with Crippen molar-refractivity contribution in [1.82, 2.24) is 9.55 Å². The maximum Gasteiger partial charge on any atom is 0.270 e. The molecule has 1 amide bonds. The van der Waals surface area contributed by atoms with E-state index in [-0.39, 0.29) is 17.3 Å². The molecule has 0 aliphatic heterocycles. The van der Waals surface area contributed by atoms with Gasteiger partial charge in [-0.15, -0.1) is 0 Å². The quantitative estimate of drug-likeness (QED) is 0.178. The summed E-state index contributed by atoms with van der Waals surface area (Å²) in [5.41, 5.74) is 2.55. The Kier molecular flexibility index (Phi) is 6.98. The van der Waals surface area contributed by atoms with Crippen molar-refractivity contribution in [3.8, 4) is 16.9 Å². The van der Waals surface area contributed by atoms with Crippen molar-refractivity contribution in [2.75, 3.05) is 11.1 Å². The van der Waals surface area contributed by atoms with E-state index in [2.05, 4.69) is 10.3 Å². The van der Waals surface area contributed by atoms with Crippen molar-refractivity contribution in [1.29, 1.82) is 0 Å². The van der Waals surface area contributed by atoms with Crippen molar-refractivity contribution in [2.45, 2.75) is 5.16 Å². The summed E-state index contributed by atoms with van der Waals surface area (Å²) in [6.07, 6.45) is 1.62. The van der Waals surface area contributed by atoms with Crippen LogP contribution in [-0.4, -0.2) is 26.1 Å². The van der Waals surface area contributed by atoms with Crippen molar-refractivity contribution >= 4 is 52.2 Å². The molecule has 0 aliphatic rings. The Bertz CT molecular complexity index is 1340. The van der Waals surface area contributed by atoms with Crippen LogP contribution in [0.25, 0.3) is 16.9 Å². The minimum atomic E-state index is -0.445. The summed E-state index contributed by atoms with van der Waals surface area (Å²) in [6.45, 7) is 0. The number of nitrogens with zero attached hydrogens (tertiary/aromatic N) is 3. The highest BCUT2D eigenvalue weighted by atomic mass is 35.5. The molecule has 10 heteroatoms. The molecule has 0 spiro atoms. The summed E-state index contributed by atoms with van der Waals surface area (Å²) in [5, 5.41) is 15.6. The molecule has 33 heavy (non-hydrogen) atoms. The molecule has 4 aromatic rings. The number of nitrogens with one attached hydrogen (secondary N) is 1. The predicted molar refractivity (Wildman–Crippen MR) is 131 cm³/mol. The fraction of sp³-hybridized carbons (Fsp3) is 0.0435. The molecule has 0 radical (unpaired) electrons. The number of anilines is 1. The van der Waals surface area contributed by atoms with E-state index in [1.54, 1.807) is 60.8 Å². The number of amides is 1. The third-order valence-corrected chi connectivity index (χ3v) is 6.01. The Hall–Kier alpha value is -3.33. The second kappa shape index (κ2) is 10.1. The van der Waals surface area contributed by atoms with Crippen molar-refractivity contribution < 1.29 is 9.72 Å². The molecule has 3 aromatic carbocycles. The van der Waals surface area contributed by atoms with E-state index in [0.717, 1.165) is 5.69 Å². The summed E-state index contributed by atoms with van der Waals surface area (Å²) in [5.74, 6) is -0.127. The number of nitro groups is 1. The van der Waals surface area contributed by atoms with Crippen molar-refractivity contribution in [3.05, 3.63) is 99.2 Å². The van der Waals surface area contributed by atoms with Crippen molar-refractivity contribution in [2.24, 2.45) is 0 Å². The number of non-ortho nitro benzene ring substituents is 1. The Labute approximate surface area is 203 Å². The van der Waals surface area contributed by atoms with E-state index < -0.39 is 4.92 Å². The summed E-state index contributed by atoms with van der Waals surface area (Å²) >= 11 is 13.4. The molecule has 7 nitrogen and oxygen atoms in total. The van der Waals surface area contributed by atoms with Gasteiger partial charge in [0.25, 0.3) is 5.69 Å². The fourth-order valence-electron chi connectivity index (χ4n) is 3.18. The second-order valence-electron chi connectivity index (χ2n) is 6.90. The van der Waals surface area contributed by atoms with Crippen LogP contribution in [0.3, 0.4) is 0 Å². The van der Waals surface area contributed by atoms with Gasteiger partial charge in [-0.1, -0.05) is 59.2 Å². The van der Waals surface area contributed by atoms with Crippen LogP contribution < -0.4 is 5.32 Å². The van der Waals surface area contributed by atoms with Crippen LogP contribution in [0, 0.1) is 10.1 Å². The molecule has 0 atom stereocenters. The monoisotopic (exact) mass is 498 g/mol. The third-order valence-electron chi connectivity index (χ3n) is 4.59. The van der Waals surface area contributed by atoms with Crippen molar-refractivity contribution in [3.63, 3.8) is 0 Å². The van der Waals surface area contributed by atoms with E-state index in [0.29, 0.717) is 32.1 Å². The molecular weight excluding hydrogens is 483 g/mol. The Morgan fingerprint density at radius 1 is 1.03 bits per heavy atom. The molecule has 0 bridgehead atoms. The number of carbonyl (C=O) groups excluding carboxylic acids is 1. The molecule has 166 valence electrons. The van der Waals surface area contributed by atoms with Gasteiger partial charge < -0.3 is 5.32 Å². The Morgan fingerprint density at radius 2 is 1.76 bits per heavy atom. The lowest BCUT2D eigenvalue weighted by Gasteiger charge is -2.12. The first-order valence-electron chi connectivity index (χ1n) is 9.67. The highest BCUT2D eigenvalue weighted by Crippen LogP contribution is 2.32. The van der Waals surface area contributed by atoms with Gasteiger partial charge in [0.2, 0.25) is 5.91 Å². The standard InChI is InChI=1S/C23H16Cl2N4O3S/c24-16-5-2-7-18(11-16)27-22(30)14-33-23-26-13-21(15-4-1-9-20(10-15)29(31)32)28(23)19-8-3-6-17(25)12-19/h1-13H,14H2,(H,27,30). The maximum absolute atomic E-state index is 12.5. The van der Waals surface area contributed by atoms with Gasteiger partial charge in [0, 0.05) is 39.1 Å². The molecule has 0 aliphatic carbocycles. The number of halogens is 2. The number of rotatable bonds is 7. The first kappa shape index (κ1) is 22.8. The second-order valence-corrected chi connectivity index (χ2v) is 8.71.